The lowest BCUT2D eigenvalue weighted by atomic mass is 10.1. The number of rotatable bonds is 8. The minimum atomic E-state index is -4.09. The first kappa shape index (κ1) is 22.7. The quantitative estimate of drug-likeness (QED) is 0.485. The zero-order valence-corrected chi connectivity index (χ0v) is 19.0. The number of hydrogen-bond donors (Lipinski definition) is 0. The fourth-order valence-corrected chi connectivity index (χ4v) is 4.57. The van der Waals surface area contributed by atoms with E-state index in [0.717, 1.165) is 26.6 Å². The average Bonchev–Trinajstić information content (AvgIpc) is 2.74. The van der Waals surface area contributed by atoms with Crippen molar-refractivity contribution < 1.29 is 17.5 Å². The van der Waals surface area contributed by atoms with Crippen LogP contribution in [0.5, 0.6) is 5.75 Å². The van der Waals surface area contributed by atoms with Crippen molar-refractivity contribution in [2.45, 2.75) is 45.5 Å². The van der Waals surface area contributed by atoms with E-state index in [9.17, 15) is 12.8 Å². The van der Waals surface area contributed by atoms with Crippen LogP contribution in [0.2, 0.25) is 0 Å². The Balaban J connectivity index is 2.05. The molecule has 0 N–H and O–H groups in total. The second-order valence-electron chi connectivity index (χ2n) is 7.66. The van der Waals surface area contributed by atoms with E-state index in [1.807, 2.05) is 45.0 Å². The molecule has 2 aromatic carbocycles. The first-order valence-electron chi connectivity index (χ1n) is 10.1. The van der Waals surface area contributed by atoms with Crippen LogP contribution >= 0.6 is 0 Å². The van der Waals surface area contributed by atoms with E-state index in [1.54, 1.807) is 24.3 Å². The second kappa shape index (κ2) is 9.47. The lowest BCUT2D eigenvalue weighted by molar-refractivity contribution is 0.306. The molecule has 1 heterocycles. The normalized spacial score (nSPS) is 12.4. The fourth-order valence-electron chi connectivity index (χ4n) is 3.10. The molecule has 0 aliphatic rings. The van der Waals surface area contributed by atoms with Gasteiger partial charge in [0.2, 0.25) is 0 Å². The van der Waals surface area contributed by atoms with Gasteiger partial charge in [-0.25, -0.2) is 9.37 Å². The maximum Gasteiger partial charge on any atom is 0.282 e. The molecule has 0 aliphatic heterocycles. The number of alkyl halides is 1. The van der Waals surface area contributed by atoms with Gasteiger partial charge in [0.15, 0.2) is 5.03 Å². The summed E-state index contributed by atoms with van der Waals surface area (Å²) in [5, 5.41) is -0.140. The van der Waals surface area contributed by atoms with E-state index >= 15 is 0 Å². The standard InChI is InChI=1S/C24H27FN2O3S/c1-17-8-10-21(11-9-17)16-30-23-14-19(3)18(2)13-22(23)27(15-20(4)25)31(28,29)24-7-5-6-12-26-24/h5-14,20H,15-16H2,1-4H3. The Bertz CT molecular complexity index is 1130. The van der Waals surface area contributed by atoms with Crippen molar-refractivity contribution in [3.63, 3.8) is 0 Å². The van der Waals surface area contributed by atoms with Gasteiger partial charge in [0.1, 0.15) is 18.5 Å². The highest BCUT2D eigenvalue weighted by molar-refractivity contribution is 7.92. The van der Waals surface area contributed by atoms with Crippen LogP contribution in [0.15, 0.2) is 65.8 Å². The van der Waals surface area contributed by atoms with Gasteiger partial charge in [0.05, 0.1) is 12.2 Å². The highest BCUT2D eigenvalue weighted by Gasteiger charge is 2.30. The van der Waals surface area contributed by atoms with E-state index in [1.165, 1.54) is 19.2 Å². The topological polar surface area (TPSA) is 59.5 Å². The molecule has 0 aliphatic carbocycles. The molecule has 1 atom stereocenters. The molecule has 0 radical (unpaired) electrons. The number of halogens is 1. The molecule has 1 aromatic heterocycles. The van der Waals surface area contributed by atoms with Crippen molar-refractivity contribution in [3.05, 3.63) is 83.0 Å². The average molecular weight is 443 g/mol. The van der Waals surface area contributed by atoms with Crippen LogP contribution in [0.3, 0.4) is 0 Å². The summed E-state index contributed by atoms with van der Waals surface area (Å²) in [6.07, 6.45) is 0.0177. The van der Waals surface area contributed by atoms with Crippen LogP contribution in [0.1, 0.15) is 29.2 Å². The summed E-state index contributed by atoms with van der Waals surface area (Å²) >= 11 is 0. The van der Waals surface area contributed by atoms with Gasteiger partial charge in [-0.3, -0.25) is 4.31 Å². The number of aromatic nitrogens is 1. The predicted octanol–water partition coefficient (Wildman–Crippen LogP) is 5.14. The Morgan fingerprint density at radius 3 is 2.32 bits per heavy atom. The molecule has 5 nitrogen and oxygen atoms in total. The number of sulfonamides is 1. The van der Waals surface area contributed by atoms with Crippen molar-refractivity contribution >= 4 is 15.7 Å². The summed E-state index contributed by atoms with van der Waals surface area (Å²) in [4.78, 5) is 3.98. The number of aryl methyl sites for hydroxylation is 3. The molecule has 0 saturated carbocycles. The number of hydrogen-bond acceptors (Lipinski definition) is 4. The highest BCUT2D eigenvalue weighted by atomic mass is 32.2. The lowest BCUT2D eigenvalue weighted by Gasteiger charge is -2.27. The first-order valence-corrected chi connectivity index (χ1v) is 11.5. The third-order valence-electron chi connectivity index (χ3n) is 4.97. The van der Waals surface area contributed by atoms with E-state index in [4.69, 9.17) is 4.74 Å². The van der Waals surface area contributed by atoms with Gasteiger partial charge in [-0.1, -0.05) is 35.9 Å². The molecule has 31 heavy (non-hydrogen) atoms. The van der Waals surface area contributed by atoms with Crippen molar-refractivity contribution in [1.29, 1.82) is 0 Å². The lowest BCUT2D eigenvalue weighted by Crippen LogP contribution is -2.36. The van der Waals surface area contributed by atoms with Crippen molar-refractivity contribution in [1.82, 2.24) is 4.98 Å². The number of ether oxygens (including phenoxy) is 1. The number of benzene rings is 2. The van der Waals surface area contributed by atoms with Crippen LogP contribution < -0.4 is 9.04 Å². The van der Waals surface area contributed by atoms with Gasteiger partial charge in [-0.05, 0) is 68.7 Å². The predicted molar refractivity (Wildman–Crippen MR) is 121 cm³/mol. The smallest absolute Gasteiger partial charge is 0.282 e. The van der Waals surface area contributed by atoms with Gasteiger partial charge < -0.3 is 4.74 Å². The summed E-state index contributed by atoms with van der Waals surface area (Å²) < 4.78 is 48.0. The third kappa shape index (κ3) is 5.41. The number of pyridine rings is 1. The number of nitrogens with zero attached hydrogens (tertiary/aromatic N) is 2. The maximum atomic E-state index is 14.1. The minimum Gasteiger partial charge on any atom is -0.487 e. The summed E-state index contributed by atoms with van der Waals surface area (Å²) in [6, 6.07) is 16.0. The zero-order chi connectivity index (χ0) is 22.6. The molecule has 0 spiro atoms. The largest absolute Gasteiger partial charge is 0.487 e. The monoisotopic (exact) mass is 442 g/mol. The SMILES string of the molecule is Cc1ccc(COc2cc(C)c(C)cc2N(CC(C)F)S(=O)(=O)c2ccccn2)cc1. The van der Waals surface area contributed by atoms with Crippen molar-refractivity contribution in [2.75, 3.05) is 10.8 Å². The van der Waals surface area contributed by atoms with Gasteiger partial charge in [-0.2, -0.15) is 8.42 Å². The highest BCUT2D eigenvalue weighted by Crippen LogP contribution is 2.35. The molecule has 0 fully saturated rings. The maximum absolute atomic E-state index is 14.1. The van der Waals surface area contributed by atoms with Crippen molar-refractivity contribution in [2.24, 2.45) is 0 Å². The van der Waals surface area contributed by atoms with E-state index in [0.29, 0.717) is 11.4 Å². The van der Waals surface area contributed by atoms with E-state index < -0.39 is 16.2 Å². The molecule has 7 heteroatoms. The van der Waals surface area contributed by atoms with Gasteiger partial charge in [0.25, 0.3) is 10.0 Å². The third-order valence-corrected chi connectivity index (χ3v) is 6.66. The molecule has 3 aromatic rings. The van der Waals surface area contributed by atoms with Crippen LogP contribution in [-0.4, -0.2) is 26.1 Å². The molecular formula is C24H27FN2O3S. The summed E-state index contributed by atoms with van der Waals surface area (Å²) in [6.45, 7) is 7.06. The Kier molecular flexibility index (Phi) is 6.95. The Labute approximate surface area is 183 Å². The molecule has 1 unspecified atom stereocenters. The Hall–Kier alpha value is -2.93. The first-order chi connectivity index (χ1) is 14.7. The summed E-state index contributed by atoms with van der Waals surface area (Å²) in [5.74, 6) is 0.379. The zero-order valence-electron chi connectivity index (χ0n) is 18.2. The molecular weight excluding hydrogens is 415 g/mol. The van der Waals surface area contributed by atoms with Gasteiger partial charge >= 0.3 is 0 Å². The molecule has 0 bridgehead atoms. The summed E-state index contributed by atoms with van der Waals surface area (Å²) in [7, 11) is -4.09. The second-order valence-corrected chi connectivity index (χ2v) is 9.47. The van der Waals surface area contributed by atoms with Gasteiger partial charge in [0, 0.05) is 6.20 Å². The van der Waals surface area contributed by atoms with E-state index in [-0.39, 0.29) is 18.2 Å². The molecule has 3 rings (SSSR count). The Morgan fingerprint density at radius 2 is 1.71 bits per heavy atom. The molecule has 164 valence electrons. The van der Waals surface area contributed by atoms with Crippen LogP contribution in [0, 0.1) is 20.8 Å². The van der Waals surface area contributed by atoms with Crippen LogP contribution in [-0.2, 0) is 16.6 Å². The van der Waals surface area contributed by atoms with E-state index in [2.05, 4.69) is 4.98 Å². The minimum absolute atomic E-state index is 0.140. The van der Waals surface area contributed by atoms with Crippen LogP contribution in [0.25, 0.3) is 0 Å². The van der Waals surface area contributed by atoms with Gasteiger partial charge in [-0.15, -0.1) is 0 Å². The van der Waals surface area contributed by atoms with Crippen molar-refractivity contribution in [3.8, 4) is 5.75 Å². The molecule has 0 saturated heterocycles. The molecule has 0 amide bonds. The van der Waals surface area contributed by atoms with Crippen LogP contribution in [0.4, 0.5) is 10.1 Å². The fraction of sp³-hybridized carbons (Fsp3) is 0.292. The Morgan fingerprint density at radius 1 is 1.03 bits per heavy atom. The number of anilines is 1. The summed E-state index contributed by atoms with van der Waals surface area (Å²) in [5.41, 5.74) is 4.22.